The fourth-order valence-corrected chi connectivity index (χ4v) is 1.71. The van der Waals surface area contributed by atoms with Crippen LogP contribution in [0, 0.1) is 0 Å². The Balaban J connectivity index is 2.15. The lowest BCUT2D eigenvalue weighted by Gasteiger charge is -2.26. The molecule has 0 aromatic heterocycles. The largest absolute Gasteiger partial charge is 0.480 e. The number of urea groups is 1. The number of carbonyl (C=O) groups excluding carboxylic acids is 1. The number of carbonyl (C=O) groups is 2. The zero-order valence-corrected chi connectivity index (χ0v) is 11.1. The summed E-state index contributed by atoms with van der Waals surface area (Å²) in [6, 6.07) is -0.161. The molecule has 1 heterocycles. The molecule has 0 bridgehead atoms. The van der Waals surface area contributed by atoms with Gasteiger partial charge >= 0.3 is 12.0 Å². The molecule has 2 amide bonds. The Labute approximate surface area is 112 Å². The van der Waals surface area contributed by atoms with E-state index in [0.717, 1.165) is 6.42 Å². The van der Waals surface area contributed by atoms with Crippen molar-refractivity contribution < 1.29 is 24.2 Å². The summed E-state index contributed by atoms with van der Waals surface area (Å²) in [6.45, 7) is 1.99. The molecule has 2 N–H and O–H groups in total. The first kappa shape index (κ1) is 15.5. The lowest BCUT2D eigenvalue weighted by atomic mass is 10.1. The van der Waals surface area contributed by atoms with Gasteiger partial charge in [-0.05, 0) is 12.0 Å². The van der Waals surface area contributed by atoms with Crippen LogP contribution in [0.2, 0.25) is 0 Å². The van der Waals surface area contributed by atoms with E-state index < -0.39 is 5.97 Å². The molecule has 0 aromatic carbocycles. The van der Waals surface area contributed by atoms with Gasteiger partial charge in [-0.3, -0.25) is 0 Å². The van der Waals surface area contributed by atoms with Crippen LogP contribution in [0.4, 0.5) is 4.79 Å². The fourth-order valence-electron chi connectivity index (χ4n) is 1.71. The summed E-state index contributed by atoms with van der Waals surface area (Å²) in [5.41, 5.74) is 1.20. The Morgan fingerprint density at radius 1 is 1.53 bits per heavy atom. The third kappa shape index (κ3) is 6.21. The summed E-state index contributed by atoms with van der Waals surface area (Å²) >= 11 is 0. The van der Waals surface area contributed by atoms with Crippen LogP contribution in [0.25, 0.3) is 0 Å². The van der Waals surface area contributed by atoms with Gasteiger partial charge in [-0.2, -0.15) is 0 Å². The van der Waals surface area contributed by atoms with Crippen molar-refractivity contribution in [2.24, 2.45) is 0 Å². The molecule has 0 saturated carbocycles. The van der Waals surface area contributed by atoms with E-state index in [1.165, 1.54) is 5.57 Å². The standard InChI is InChI=1S/C12H20N2O5/c1-18-8-10-2-5-14(6-3-10)12(17)13-4-7-19-9-11(15)16/h2H,3-9H2,1H3,(H,13,17)(H,15,16). The summed E-state index contributed by atoms with van der Waals surface area (Å²) in [5.74, 6) is -1.02. The predicted molar refractivity (Wildman–Crippen MR) is 68.0 cm³/mol. The molecule has 19 heavy (non-hydrogen) atoms. The first-order valence-corrected chi connectivity index (χ1v) is 6.12. The van der Waals surface area contributed by atoms with Crippen molar-refractivity contribution in [1.29, 1.82) is 0 Å². The van der Waals surface area contributed by atoms with Crippen LogP contribution in [-0.4, -0.2) is 68.6 Å². The van der Waals surface area contributed by atoms with Crippen LogP contribution < -0.4 is 5.32 Å². The average Bonchev–Trinajstić information content (AvgIpc) is 2.39. The minimum absolute atomic E-state index is 0.161. The second kappa shape index (κ2) is 8.49. The van der Waals surface area contributed by atoms with Crippen molar-refractivity contribution >= 4 is 12.0 Å². The smallest absolute Gasteiger partial charge is 0.329 e. The maximum absolute atomic E-state index is 11.7. The van der Waals surface area contributed by atoms with Gasteiger partial charge in [-0.25, -0.2) is 9.59 Å². The highest BCUT2D eigenvalue weighted by Gasteiger charge is 2.16. The van der Waals surface area contributed by atoms with Gasteiger partial charge in [-0.1, -0.05) is 6.08 Å². The van der Waals surface area contributed by atoms with Gasteiger partial charge in [0.25, 0.3) is 0 Å². The number of carboxylic acid groups (broad SMARTS) is 1. The first-order valence-electron chi connectivity index (χ1n) is 6.12. The number of carboxylic acids is 1. The zero-order chi connectivity index (χ0) is 14.1. The Hall–Kier alpha value is -1.60. The number of amides is 2. The molecule has 7 heteroatoms. The van der Waals surface area contributed by atoms with Crippen LogP contribution in [-0.2, 0) is 14.3 Å². The van der Waals surface area contributed by atoms with Crippen molar-refractivity contribution in [2.45, 2.75) is 6.42 Å². The molecule has 0 spiro atoms. The van der Waals surface area contributed by atoms with E-state index in [4.69, 9.17) is 14.6 Å². The Morgan fingerprint density at radius 2 is 2.32 bits per heavy atom. The summed E-state index contributed by atoms with van der Waals surface area (Å²) in [7, 11) is 1.65. The summed E-state index contributed by atoms with van der Waals surface area (Å²) in [5, 5.41) is 11.0. The molecule has 0 aromatic rings. The number of hydrogen-bond donors (Lipinski definition) is 2. The summed E-state index contributed by atoms with van der Waals surface area (Å²) < 4.78 is 9.86. The van der Waals surface area contributed by atoms with Crippen molar-refractivity contribution in [2.75, 3.05) is 46.6 Å². The Bertz CT molecular complexity index is 343. The lowest BCUT2D eigenvalue weighted by molar-refractivity contribution is -0.142. The molecule has 1 aliphatic rings. The number of methoxy groups -OCH3 is 1. The van der Waals surface area contributed by atoms with Gasteiger partial charge in [0.2, 0.25) is 0 Å². The second-order valence-electron chi connectivity index (χ2n) is 4.17. The van der Waals surface area contributed by atoms with Gasteiger partial charge < -0.3 is 24.8 Å². The molecular weight excluding hydrogens is 252 g/mol. The van der Waals surface area contributed by atoms with Crippen LogP contribution in [0.3, 0.4) is 0 Å². The fraction of sp³-hybridized carbons (Fsp3) is 0.667. The van der Waals surface area contributed by atoms with Crippen LogP contribution in [0.15, 0.2) is 11.6 Å². The minimum atomic E-state index is -1.02. The number of nitrogens with one attached hydrogen (secondary N) is 1. The van der Waals surface area contributed by atoms with Crippen molar-refractivity contribution in [3.63, 3.8) is 0 Å². The molecule has 7 nitrogen and oxygen atoms in total. The Kier molecular flexibility index (Phi) is 6.91. The van der Waals surface area contributed by atoms with E-state index in [-0.39, 0.29) is 19.2 Å². The number of rotatable bonds is 7. The lowest BCUT2D eigenvalue weighted by Crippen LogP contribution is -2.43. The van der Waals surface area contributed by atoms with Crippen LogP contribution in [0.5, 0.6) is 0 Å². The maximum atomic E-state index is 11.7. The molecule has 1 aliphatic heterocycles. The number of hydrogen-bond acceptors (Lipinski definition) is 4. The molecule has 0 atom stereocenters. The Morgan fingerprint density at radius 3 is 2.89 bits per heavy atom. The van der Waals surface area contributed by atoms with E-state index in [0.29, 0.717) is 26.2 Å². The first-order chi connectivity index (χ1) is 9.13. The molecule has 0 aliphatic carbocycles. The highest BCUT2D eigenvalue weighted by Crippen LogP contribution is 2.10. The van der Waals surface area contributed by atoms with Gasteiger partial charge in [0.1, 0.15) is 6.61 Å². The quantitative estimate of drug-likeness (QED) is 0.506. The second-order valence-corrected chi connectivity index (χ2v) is 4.17. The molecule has 0 saturated heterocycles. The van der Waals surface area contributed by atoms with E-state index in [1.807, 2.05) is 6.08 Å². The number of nitrogens with zero attached hydrogens (tertiary/aromatic N) is 1. The molecule has 0 fully saturated rings. The minimum Gasteiger partial charge on any atom is -0.480 e. The van der Waals surface area contributed by atoms with E-state index in [1.54, 1.807) is 12.0 Å². The van der Waals surface area contributed by atoms with Crippen molar-refractivity contribution in [3.05, 3.63) is 11.6 Å². The monoisotopic (exact) mass is 272 g/mol. The maximum Gasteiger partial charge on any atom is 0.329 e. The SMILES string of the molecule is COCC1=CCN(C(=O)NCCOCC(=O)O)CC1. The number of ether oxygens (including phenoxy) is 2. The van der Waals surface area contributed by atoms with Gasteiger partial charge in [0.15, 0.2) is 0 Å². The van der Waals surface area contributed by atoms with Gasteiger partial charge in [-0.15, -0.1) is 0 Å². The highest BCUT2D eigenvalue weighted by molar-refractivity contribution is 5.74. The predicted octanol–water partition coefficient (Wildman–Crippen LogP) is 0.0757. The highest BCUT2D eigenvalue weighted by atomic mass is 16.5. The van der Waals surface area contributed by atoms with Crippen molar-refractivity contribution in [1.82, 2.24) is 10.2 Å². The zero-order valence-electron chi connectivity index (χ0n) is 11.1. The third-order valence-corrected chi connectivity index (χ3v) is 2.67. The molecular formula is C12H20N2O5. The summed E-state index contributed by atoms with van der Waals surface area (Å²) in [6.07, 6.45) is 2.81. The van der Waals surface area contributed by atoms with Crippen molar-refractivity contribution in [3.8, 4) is 0 Å². The van der Waals surface area contributed by atoms with Crippen LogP contribution >= 0.6 is 0 Å². The van der Waals surface area contributed by atoms with Crippen LogP contribution in [0.1, 0.15) is 6.42 Å². The molecule has 1 rings (SSSR count). The van der Waals surface area contributed by atoms with E-state index in [2.05, 4.69) is 5.32 Å². The normalized spacial score (nSPS) is 15.0. The number of aliphatic carboxylic acids is 1. The average molecular weight is 272 g/mol. The van der Waals surface area contributed by atoms with E-state index in [9.17, 15) is 9.59 Å². The molecule has 108 valence electrons. The topological polar surface area (TPSA) is 88.1 Å². The van der Waals surface area contributed by atoms with E-state index >= 15 is 0 Å². The molecule has 0 radical (unpaired) electrons. The van der Waals surface area contributed by atoms with Gasteiger partial charge in [0, 0.05) is 26.7 Å². The summed E-state index contributed by atoms with van der Waals surface area (Å²) in [4.78, 5) is 23.6. The third-order valence-electron chi connectivity index (χ3n) is 2.67. The molecule has 0 unspecified atom stereocenters. The van der Waals surface area contributed by atoms with Gasteiger partial charge in [0.05, 0.1) is 13.2 Å².